The second-order valence-electron chi connectivity index (χ2n) is 4.09. The summed E-state index contributed by atoms with van der Waals surface area (Å²) in [5, 5.41) is 0. The van der Waals surface area contributed by atoms with E-state index in [2.05, 4.69) is 9.71 Å². The zero-order chi connectivity index (χ0) is 15.7. The van der Waals surface area contributed by atoms with Crippen molar-refractivity contribution >= 4 is 21.4 Å². The summed E-state index contributed by atoms with van der Waals surface area (Å²) in [7, 11) is -4.01. The summed E-state index contributed by atoms with van der Waals surface area (Å²) in [5.41, 5.74) is 3.42. The zero-order valence-corrected chi connectivity index (χ0v) is 11.2. The Morgan fingerprint density at radius 1 is 1.19 bits per heavy atom. The highest BCUT2D eigenvalue weighted by atomic mass is 32.2. The summed E-state index contributed by atoms with van der Waals surface area (Å²) in [6.07, 6.45) is -2.20. The van der Waals surface area contributed by atoms with Crippen molar-refractivity contribution in [1.29, 1.82) is 0 Å². The quantitative estimate of drug-likeness (QED) is 0.852. The first-order valence-electron chi connectivity index (χ1n) is 5.60. The number of rotatable bonds is 3. The van der Waals surface area contributed by atoms with E-state index in [1.165, 1.54) is 18.3 Å². The molecule has 0 atom stereocenters. The highest BCUT2D eigenvalue weighted by Gasteiger charge is 2.33. The van der Waals surface area contributed by atoms with E-state index < -0.39 is 27.5 Å². The Kier molecular flexibility index (Phi) is 3.77. The summed E-state index contributed by atoms with van der Waals surface area (Å²) in [5.74, 6) is 0. The van der Waals surface area contributed by atoms with Gasteiger partial charge in [-0.05, 0) is 30.3 Å². The number of sulfonamides is 1. The van der Waals surface area contributed by atoms with Crippen LogP contribution in [0, 0.1) is 0 Å². The molecule has 21 heavy (non-hydrogen) atoms. The van der Waals surface area contributed by atoms with Crippen molar-refractivity contribution in [2.45, 2.75) is 11.1 Å². The van der Waals surface area contributed by atoms with Crippen LogP contribution in [0.5, 0.6) is 0 Å². The van der Waals surface area contributed by atoms with Crippen LogP contribution < -0.4 is 10.5 Å². The molecule has 5 nitrogen and oxygen atoms in total. The van der Waals surface area contributed by atoms with E-state index in [0.29, 0.717) is 6.07 Å². The number of nitrogens with two attached hydrogens (primary N) is 1. The number of anilines is 2. The maximum absolute atomic E-state index is 12.7. The molecular formula is C12H10F3N3O2S. The molecule has 3 N–H and O–H groups in total. The van der Waals surface area contributed by atoms with E-state index in [-0.39, 0.29) is 10.6 Å². The van der Waals surface area contributed by atoms with Gasteiger partial charge in [0.15, 0.2) is 0 Å². The van der Waals surface area contributed by atoms with E-state index in [4.69, 9.17) is 5.73 Å². The minimum Gasteiger partial charge on any atom is -0.398 e. The van der Waals surface area contributed by atoms with E-state index in [0.717, 1.165) is 18.3 Å². The molecule has 0 unspecified atom stereocenters. The van der Waals surface area contributed by atoms with Crippen LogP contribution >= 0.6 is 0 Å². The number of aromatic nitrogens is 1. The lowest BCUT2D eigenvalue weighted by Gasteiger charge is -2.13. The number of benzene rings is 1. The van der Waals surface area contributed by atoms with E-state index in [1.807, 2.05) is 0 Å². The van der Waals surface area contributed by atoms with Gasteiger partial charge < -0.3 is 5.73 Å². The molecule has 0 bridgehead atoms. The van der Waals surface area contributed by atoms with E-state index >= 15 is 0 Å². The normalized spacial score (nSPS) is 12.1. The number of nitrogen functional groups attached to an aromatic ring is 1. The molecule has 0 radical (unpaired) electrons. The van der Waals surface area contributed by atoms with Crippen LogP contribution in [0.25, 0.3) is 0 Å². The molecule has 2 aromatic rings. The number of nitrogens with zero attached hydrogens (tertiary/aromatic N) is 1. The first kappa shape index (κ1) is 15.1. The monoisotopic (exact) mass is 317 g/mol. The van der Waals surface area contributed by atoms with Gasteiger partial charge in [0, 0.05) is 23.8 Å². The van der Waals surface area contributed by atoms with Crippen molar-refractivity contribution in [2.24, 2.45) is 0 Å². The molecule has 1 aromatic heterocycles. The number of halogens is 3. The molecule has 0 fully saturated rings. The van der Waals surface area contributed by atoms with Gasteiger partial charge >= 0.3 is 6.18 Å². The highest BCUT2D eigenvalue weighted by Crippen LogP contribution is 2.35. The smallest absolute Gasteiger partial charge is 0.398 e. The number of pyridine rings is 1. The molecule has 0 amide bonds. The van der Waals surface area contributed by atoms with Crippen LogP contribution in [-0.4, -0.2) is 13.4 Å². The van der Waals surface area contributed by atoms with Gasteiger partial charge in [0.05, 0.1) is 5.56 Å². The Hall–Kier alpha value is -2.29. The molecule has 2 rings (SSSR count). The summed E-state index contributed by atoms with van der Waals surface area (Å²) in [4.78, 5) is 3.49. The fourth-order valence-electron chi connectivity index (χ4n) is 1.59. The summed E-state index contributed by atoms with van der Waals surface area (Å²) >= 11 is 0. The largest absolute Gasteiger partial charge is 0.418 e. The van der Waals surface area contributed by atoms with Gasteiger partial charge in [-0.3, -0.25) is 9.71 Å². The molecule has 0 spiro atoms. The molecule has 0 aliphatic heterocycles. The van der Waals surface area contributed by atoms with Crippen LogP contribution in [0.1, 0.15) is 5.56 Å². The molecule has 112 valence electrons. The van der Waals surface area contributed by atoms with Gasteiger partial charge in [-0.1, -0.05) is 0 Å². The van der Waals surface area contributed by atoms with Crippen molar-refractivity contribution in [3.63, 3.8) is 0 Å². The second kappa shape index (κ2) is 5.24. The lowest BCUT2D eigenvalue weighted by Crippen LogP contribution is -2.15. The van der Waals surface area contributed by atoms with E-state index in [9.17, 15) is 21.6 Å². The topological polar surface area (TPSA) is 85.1 Å². The van der Waals surface area contributed by atoms with Crippen molar-refractivity contribution in [3.05, 3.63) is 48.3 Å². The Morgan fingerprint density at radius 3 is 2.48 bits per heavy atom. The minimum absolute atomic E-state index is 0.157. The number of hydrogen-bond donors (Lipinski definition) is 2. The third kappa shape index (κ3) is 3.43. The molecular weight excluding hydrogens is 307 g/mol. The Morgan fingerprint density at radius 2 is 1.90 bits per heavy atom. The number of hydrogen-bond acceptors (Lipinski definition) is 4. The molecule has 0 aliphatic rings. The third-order valence-corrected chi connectivity index (χ3v) is 3.92. The Bertz CT molecular complexity index is 746. The predicted molar refractivity (Wildman–Crippen MR) is 70.9 cm³/mol. The average Bonchev–Trinajstić information content (AvgIpc) is 2.40. The van der Waals surface area contributed by atoms with Gasteiger partial charge in [-0.2, -0.15) is 13.2 Å². The Labute approximate surface area is 118 Å². The molecule has 0 saturated carbocycles. The standard InChI is InChI=1S/C12H10F3N3O2S/c13-12(14,15)10-6-8(3-4-11(10)16)18-21(19,20)9-2-1-5-17-7-9/h1-7,18H,16H2. The minimum atomic E-state index is -4.67. The lowest BCUT2D eigenvalue weighted by atomic mass is 10.1. The van der Waals surface area contributed by atoms with Crippen LogP contribution in [0.2, 0.25) is 0 Å². The van der Waals surface area contributed by atoms with Gasteiger partial charge in [-0.15, -0.1) is 0 Å². The van der Waals surface area contributed by atoms with Crippen LogP contribution in [0.15, 0.2) is 47.6 Å². The van der Waals surface area contributed by atoms with Crippen LogP contribution in [-0.2, 0) is 16.2 Å². The van der Waals surface area contributed by atoms with Crippen LogP contribution in [0.3, 0.4) is 0 Å². The zero-order valence-electron chi connectivity index (χ0n) is 10.4. The first-order valence-corrected chi connectivity index (χ1v) is 7.08. The average molecular weight is 317 g/mol. The van der Waals surface area contributed by atoms with Gasteiger partial charge in [0.25, 0.3) is 10.0 Å². The van der Waals surface area contributed by atoms with Crippen molar-refractivity contribution in [2.75, 3.05) is 10.5 Å². The van der Waals surface area contributed by atoms with Crippen molar-refractivity contribution in [3.8, 4) is 0 Å². The third-order valence-electron chi connectivity index (χ3n) is 2.56. The summed E-state index contributed by atoms with van der Waals surface area (Å²) < 4.78 is 64.2. The van der Waals surface area contributed by atoms with Gasteiger partial charge in [-0.25, -0.2) is 8.42 Å². The maximum atomic E-state index is 12.7. The maximum Gasteiger partial charge on any atom is 0.418 e. The van der Waals surface area contributed by atoms with Gasteiger partial charge in [0.2, 0.25) is 0 Å². The lowest BCUT2D eigenvalue weighted by molar-refractivity contribution is -0.136. The number of nitrogens with one attached hydrogen (secondary N) is 1. The summed E-state index contributed by atoms with van der Waals surface area (Å²) in [6.45, 7) is 0. The molecule has 1 aromatic carbocycles. The van der Waals surface area contributed by atoms with Gasteiger partial charge in [0.1, 0.15) is 4.90 Å². The molecule has 1 heterocycles. The fourth-order valence-corrected chi connectivity index (χ4v) is 2.60. The SMILES string of the molecule is Nc1ccc(NS(=O)(=O)c2cccnc2)cc1C(F)(F)F. The fraction of sp³-hybridized carbons (Fsp3) is 0.0833. The van der Waals surface area contributed by atoms with Crippen molar-refractivity contribution < 1.29 is 21.6 Å². The molecule has 0 saturated heterocycles. The van der Waals surface area contributed by atoms with Crippen LogP contribution in [0.4, 0.5) is 24.5 Å². The first-order chi connectivity index (χ1) is 9.70. The Balaban J connectivity index is 2.37. The predicted octanol–water partition coefficient (Wildman–Crippen LogP) is 2.48. The van der Waals surface area contributed by atoms with E-state index in [1.54, 1.807) is 0 Å². The summed E-state index contributed by atoms with van der Waals surface area (Å²) in [6, 6.07) is 5.46. The molecule has 9 heteroatoms. The second-order valence-corrected chi connectivity index (χ2v) is 5.78. The molecule has 0 aliphatic carbocycles. The number of alkyl halides is 3. The van der Waals surface area contributed by atoms with Crippen molar-refractivity contribution in [1.82, 2.24) is 4.98 Å². The highest BCUT2D eigenvalue weighted by molar-refractivity contribution is 7.92.